The predicted molar refractivity (Wildman–Crippen MR) is 80.7 cm³/mol. The standard InChI is InChI=1S/2C5H9FO2.4CH3F/c2*1-5(4-6)7-2-3-8-5;4*1-2/h2*2-4H2,1H3;4*1H3. The fourth-order valence-corrected chi connectivity index (χ4v) is 1.27. The zero-order valence-corrected chi connectivity index (χ0v) is 15.1. The van der Waals surface area contributed by atoms with Gasteiger partial charge in [-0.2, -0.15) is 0 Å². The Hall–Kier alpha value is -0.580. The van der Waals surface area contributed by atoms with E-state index in [2.05, 4.69) is 0 Å². The molecule has 0 aromatic carbocycles. The first-order chi connectivity index (χ1) is 11.5. The second-order valence-corrected chi connectivity index (χ2v) is 3.93. The van der Waals surface area contributed by atoms with Crippen molar-refractivity contribution in [2.75, 3.05) is 68.5 Å². The van der Waals surface area contributed by atoms with Crippen molar-refractivity contribution >= 4 is 0 Å². The lowest BCUT2D eigenvalue weighted by Crippen LogP contribution is -2.27. The summed E-state index contributed by atoms with van der Waals surface area (Å²) >= 11 is 0. The van der Waals surface area contributed by atoms with Crippen LogP contribution in [0.2, 0.25) is 0 Å². The largest absolute Gasteiger partial charge is 0.345 e. The van der Waals surface area contributed by atoms with E-state index >= 15 is 0 Å². The van der Waals surface area contributed by atoms with Gasteiger partial charge in [-0.1, -0.05) is 0 Å². The Labute approximate surface area is 140 Å². The van der Waals surface area contributed by atoms with Crippen molar-refractivity contribution in [1.29, 1.82) is 0 Å². The van der Waals surface area contributed by atoms with E-state index < -0.39 is 24.9 Å². The Morgan fingerprint density at radius 3 is 0.792 bits per heavy atom. The van der Waals surface area contributed by atoms with Crippen LogP contribution in [-0.4, -0.2) is 80.1 Å². The van der Waals surface area contributed by atoms with Gasteiger partial charge in [-0.25, -0.2) is 8.78 Å². The van der Waals surface area contributed by atoms with Crippen LogP contribution >= 0.6 is 0 Å². The summed E-state index contributed by atoms with van der Waals surface area (Å²) in [7, 11) is 2.00. The number of alkyl halides is 6. The lowest BCUT2D eigenvalue weighted by molar-refractivity contribution is -0.153. The number of ether oxygens (including phenoxy) is 4. The van der Waals surface area contributed by atoms with Crippen molar-refractivity contribution in [3.8, 4) is 0 Å². The first-order valence-corrected chi connectivity index (χ1v) is 6.72. The molecular formula is C14H30F6O4. The molecule has 0 aromatic heterocycles. The number of hydrogen-bond donors (Lipinski definition) is 0. The van der Waals surface area contributed by atoms with Gasteiger partial charge in [-0.3, -0.25) is 17.6 Å². The van der Waals surface area contributed by atoms with Gasteiger partial charge in [-0.05, 0) is 13.8 Å². The van der Waals surface area contributed by atoms with E-state index in [1.165, 1.54) is 0 Å². The molecule has 0 radical (unpaired) electrons. The molecule has 24 heavy (non-hydrogen) atoms. The highest BCUT2D eigenvalue weighted by atomic mass is 19.1. The molecular weight excluding hydrogens is 346 g/mol. The quantitative estimate of drug-likeness (QED) is 0.688. The monoisotopic (exact) mass is 376 g/mol. The lowest BCUT2D eigenvalue weighted by Gasteiger charge is -2.16. The van der Waals surface area contributed by atoms with Crippen LogP contribution in [0.25, 0.3) is 0 Å². The third-order valence-corrected chi connectivity index (χ3v) is 2.28. The van der Waals surface area contributed by atoms with Gasteiger partial charge in [0.05, 0.1) is 55.1 Å². The van der Waals surface area contributed by atoms with Crippen LogP contribution in [-0.2, 0) is 18.9 Å². The minimum Gasteiger partial charge on any atom is -0.345 e. The highest BCUT2D eigenvalue weighted by Crippen LogP contribution is 2.18. The smallest absolute Gasteiger partial charge is 0.194 e. The first-order valence-electron chi connectivity index (χ1n) is 6.72. The zero-order valence-electron chi connectivity index (χ0n) is 15.1. The summed E-state index contributed by atoms with van der Waals surface area (Å²) in [6.07, 6.45) is 0. The fourth-order valence-electron chi connectivity index (χ4n) is 1.27. The van der Waals surface area contributed by atoms with E-state index in [1.54, 1.807) is 13.8 Å². The van der Waals surface area contributed by atoms with Crippen molar-refractivity contribution in [1.82, 2.24) is 0 Å². The molecule has 2 rings (SSSR count). The average Bonchev–Trinajstić information content (AvgIpc) is 3.32. The van der Waals surface area contributed by atoms with Crippen LogP contribution < -0.4 is 0 Å². The Bertz CT molecular complexity index is 191. The molecule has 2 aliphatic rings. The summed E-state index contributed by atoms with van der Waals surface area (Å²) in [5, 5.41) is 0. The van der Waals surface area contributed by atoms with Gasteiger partial charge in [0.25, 0.3) is 0 Å². The topological polar surface area (TPSA) is 36.9 Å². The third kappa shape index (κ3) is 16.3. The van der Waals surface area contributed by atoms with Crippen molar-refractivity contribution < 1.29 is 45.3 Å². The molecule has 2 aliphatic heterocycles. The van der Waals surface area contributed by atoms with Crippen LogP contribution in [0.3, 0.4) is 0 Å². The molecule has 2 heterocycles. The summed E-state index contributed by atoms with van der Waals surface area (Å²) in [6.45, 7) is 4.13. The summed E-state index contributed by atoms with van der Waals surface area (Å²) in [4.78, 5) is 0. The molecule has 2 saturated heterocycles. The van der Waals surface area contributed by atoms with Gasteiger partial charge in [0.1, 0.15) is 13.3 Å². The molecule has 10 heteroatoms. The SMILES string of the molecule is CC1(CF)OCCO1.CC1(CF)OCCO1.CF.CF.CF.CF. The van der Waals surface area contributed by atoms with Gasteiger partial charge in [0.15, 0.2) is 11.6 Å². The van der Waals surface area contributed by atoms with Crippen molar-refractivity contribution in [2.24, 2.45) is 0 Å². The van der Waals surface area contributed by atoms with Crippen molar-refractivity contribution in [3.63, 3.8) is 0 Å². The van der Waals surface area contributed by atoms with Gasteiger partial charge in [0.2, 0.25) is 0 Å². The maximum Gasteiger partial charge on any atom is 0.194 e. The molecule has 2 fully saturated rings. The van der Waals surface area contributed by atoms with Gasteiger partial charge < -0.3 is 18.9 Å². The van der Waals surface area contributed by atoms with Crippen LogP contribution in [0.5, 0.6) is 0 Å². The van der Waals surface area contributed by atoms with Gasteiger partial charge >= 0.3 is 0 Å². The van der Waals surface area contributed by atoms with Crippen LogP contribution in [0.1, 0.15) is 13.8 Å². The number of rotatable bonds is 2. The summed E-state index contributed by atoms with van der Waals surface area (Å²) < 4.78 is 81.2. The van der Waals surface area contributed by atoms with Crippen LogP contribution in [0.15, 0.2) is 0 Å². The summed E-state index contributed by atoms with van der Waals surface area (Å²) in [5.41, 5.74) is 0. The molecule has 0 aromatic rings. The first kappa shape index (κ1) is 31.2. The molecule has 0 bridgehead atoms. The highest BCUT2D eigenvalue weighted by Gasteiger charge is 2.31. The Kier molecular flexibility index (Phi) is 29.2. The average molecular weight is 376 g/mol. The van der Waals surface area contributed by atoms with E-state index in [-0.39, 0.29) is 0 Å². The third-order valence-electron chi connectivity index (χ3n) is 2.28. The molecule has 0 atom stereocenters. The zero-order chi connectivity index (χ0) is 20.1. The molecule has 0 N–H and O–H groups in total. The van der Waals surface area contributed by atoms with E-state index in [0.717, 1.165) is 0 Å². The molecule has 0 spiro atoms. The Balaban J connectivity index is -0.000000118. The van der Waals surface area contributed by atoms with Crippen molar-refractivity contribution in [2.45, 2.75) is 25.4 Å². The number of halogens is 6. The highest BCUT2D eigenvalue weighted by molar-refractivity contribution is 4.65. The minimum absolute atomic E-state index is 0.500. The minimum atomic E-state index is -0.931. The Morgan fingerprint density at radius 1 is 0.542 bits per heavy atom. The van der Waals surface area contributed by atoms with Crippen LogP contribution in [0.4, 0.5) is 26.3 Å². The molecule has 152 valence electrons. The lowest BCUT2D eigenvalue weighted by atomic mass is 10.4. The number of hydrogen-bond acceptors (Lipinski definition) is 4. The van der Waals surface area contributed by atoms with E-state index in [9.17, 15) is 26.3 Å². The molecule has 4 nitrogen and oxygen atoms in total. The second-order valence-electron chi connectivity index (χ2n) is 3.93. The summed E-state index contributed by atoms with van der Waals surface area (Å²) in [5.74, 6) is -1.86. The van der Waals surface area contributed by atoms with Gasteiger partial charge in [0, 0.05) is 0 Å². The molecule has 0 amide bonds. The van der Waals surface area contributed by atoms with Gasteiger partial charge in [-0.15, -0.1) is 0 Å². The van der Waals surface area contributed by atoms with E-state index in [1.807, 2.05) is 0 Å². The second kappa shape index (κ2) is 22.4. The maximum absolute atomic E-state index is 11.8. The normalized spacial score (nSPS) is 18.5. The van der Waals surface area contributed by atoms with Crippen molar-refractivity contribution in [3.05, 3.63) is 0 Å². The molecule has 0 saturated carbocycles. The molecule has 0 aliphatic carbocycles. The Morgan fingerprint density at radius 2 is 0.708 bits per heavy atom. The molecule has 0 unspecified atom stereocenters. The predicted octanol–water partition coefficient (Wildman–Crippen LogP) is 3.78. The summed E-state index contributed by atoms with van der Waals surface area (Å²) in [6, 6.07) is 0. The fraction of sp³-hybridized carbons (Fsp3) is 1.00. The van der Waals surface area contributed by atoms with E-state index in [4.69, 9.17) is 18.9 Å². The van der Waals surface area contributed by atoms with Crippen LogP contribution in [0, 0.1) is 0 Å². The van der Waals surface area contributed by atoms with E-state index in [0.29, 0.717) is 55.1 Å². The maximum atomic E-state index is 11.8.